The number of carbonyl (C=O) groups excluding carboxylic acids is 1. The Bertz CT molecular complexity index is 743. The smallest absolute Gasteiger partial charge is 0.338 e. The van der Waals surface area contributed by atoms with Crippen molar-refractivity contribution in [3.8, 4) is 11.5 Å². The fourth-order valence-electron chi connectivity index (χ4n) is 4.36. The van der Waals surface area contributed by atoms with Crippen LogP contribution in [0.3, 0.4) is 0 Å². The molecule has 1 aromatic rings. The van der Waals surface area contributed by atoms with Gasteiger partial charge in [-0.05, 0) is 31.2 Å². The third-order valence-electron chi connectivity index (χ3n) is 5.39. The molecule has 0 bridgehead atoms. The monoisotopic (exact) mass is 315 g/mol. The van der Waals surface area contributed by atoms with E-state index < -0.39 is 18.2 Å². The highest BCUT2D eigenvalue weighted by molar-refractivity contribution is 5.94. The minimum Gasteiger partial charge on any atom is -0.455 e. The SMILES string of the molecule is CN1CCC2=C[C@H](O)[C@@H]3OC(=O)c4cc5c(cc4[C@@H]3[C@@H]21)OCO5. The number of fused-ring (bicyclic) bond motifs is 6. The molecule has 4 aliphatic rings. The predicted molar refractivity (Wildman–Crippen MR) is 79.6 cm³/mol. The number of rotatable bonds is 0. The average Bonchev–Trinajstić information content (AvgIpc) is 3.13. The number of hydrogen-bond donors (Lipinski definition) is 1. The molecule has 0 amide bonds. The summed E-state index contributed by atoms with van der Waals surface area (Å²) in [6.45, 7) is 1.11. The summed E-state index contributed by atoms with van der Waals surface area (Å²) >= 11 is 0. The van der Waals surface area contributed by atoms with Crippen molar-refractivity contribution in [3.63, 3.8) is 0 Å². The van der Waals surface area contributed by atoms with Crippen LogP contribution in [0.4, 0.5) is 0 Å². The molecule has 23 heavy (non-hydrogen) atoms. The largest absolute Gasteiger partial charge is 0.455 e. The lowest BCUT2D eigenvalue weighted by Gasteiger charge is -2.43. The van der Waals surface area contributed by atoms with E-state index in [-0.39, 0.29) is 18.8 Å². The van der Waals surface area contributed by atoms with Crippen LogP contribution in [0.5, 0.6) is 11.5 Å². The molecule has 0 unspecified atom stereocenters. The highest BCUT2D eigenvalue weighted by atomic mass is 16.7. The maximum absolute atomic E-state index is 12.4. The summed E-state index contributed by atoms with van der Waals surface area (Å²) in [5, 5.41) is 10.4. The van der Waals surface area contributed by atoms with Crippen molar-refractivity contribution in [1.29, 1.82) is 0 Å². The van der Waals surface area contributed by atoms with E-state index in [1.165, 1.54) is 5.57 Å². The van der Waals surface area contributed by atoms with E-state index in [2.05, 4.69) is 11.9 Å². The van der Waals surface area contributed by atoms with Crippen molar-refractivity contribution in [2.45, 2.75) is 30.6 Å². The number of aliphatic hydroxyl groups excluding tert-OH is 1. The Morgan fingerprint density at radius 2 is 2.04 bits per heavy atom. The van der Waals surface area contributed by atoms with Gasteiger partial charge in [0.05, 0.1) is 5.56 Å². The van der Waals surface area contributed by atoms with Gasteiger partial charge in [-0.25, -0.2) is 4.79 Å². The fraction of sp³-hybridized carbons (Fsp3) is 0.471. The molecule has 6 heteroatoms. The zero-order chi connectivity index (χ0) is 15.7. The Morgan fingerprint density at radius 3 is 2.87 bits per heavy atom. The lowest BCUT2D eigenvalue weighted by Crippen LogP contribution is -2.50. The van der Waals surface area contributed by atoms with E-state index in [1.54, 1.807) is 6.07 Å². The van der Waals surface area contributed by atoms with Crippen LogP contribution < -0.4 is 9.47 Å². The Balaban J connectivity index is 1.70. The topological polar surface area (TPSA) is 68.2 Å². The second-order valence-electron chi connectivity index (χ2n) is 6.60. The number of hydrogen-bond acceptors (Lipinski definition) is 6. The van der Waals surface area contributed by atoms with Crippen LogP contribution in [0.25, 0.3) is 0 Å². The quantitative estimate of drug-likeness (QED) is 0.570. The first kappa shape index (κ1) is 13.4. The molecule has 0 saturated carbocycles. The maximum atomic E-state index is 12.4. The van der Waals surface area contributed by atoms with Crippen molar-refractivity contribution in [3.05, 3.63) is 34.9 Å². The number of ether oxygens (including phenoxy) is 3. The van der Waals surface area contributed by atoms with Gasteiger partial charge >= 0.3 is 5.97 Å². The van der Waals surface area contributed by atoms with Gasteiger partial charge in [0.15, 0.2) is 11.5 Å². The molecule has 1 N–H and O–H groups in total. The van der Waals surface area contributed by atoms with Crippen molar-refractivity contribution in [2.24, 2.45) is 0 Å². The molecular formula is C17H17NO5. The summed E-state index contributed by atoms with van der Waals surface area (Å²) < 4.78 is 16.4. The first-order valence-corrected chi connectivity index (χ1v) is 7.87. The summed E-state index contributed by atoms with van der Waals surface area (Å²) in [6, 6.07) is 3.74. The maximum Gasteiger partial charge on any atom is 0.338 e. The summed E-state index contributed by atoms with van der Waals surface area (Å²) in [5.41, 5.74) is 2.63. The van der Waals surface area contributed by atoms with Gasteiger partial charge in [-0.2, -0.15) is 0 Å². The van der Waals surface area contributed by atoms with E-state index in [1.807, 2.05) is 12.1 Å². The molecule has 0 radical (unpaired) electrons. The number of carbonyl (C=O) groups is 1. The number of benzene rings is 1. The second-order valence-corrected chi connectivity index (χ2v) is 6.60. The normalized spacial score (nSPS) is 34.3. The number of aliphatic hydroxyl groups is 1. The second kappa shape index (κ2) is 4.49. The van der Waals surface area contributed by atoms with Gasteiger partial charge in [-0.1, -0.05) is 11.6 Å². The fourth-order valence-corrected chi connectivity index (χ4v) is 4.36. The van der Waals surface area contributed by atoms with Crippen molar-refractivity contribution in [2.75, 3.05) is 20.4 Å². The number of likely N-dealkylation sites (N-methyl/N-ethyl adjacent to an activating group) is 1. The third-order valence-corrected chi connectivity index (χ3v) is 5.39. The van der Waals surface area contributed by atoms with Crippen LogP contribution >= 0.6 is 0 Å². The first-order chi connectivity index (χ1) is 11.1. The standard InChI is InChI=1S/C17H17NO5/c1-18-3-2-8-4-11(19)16-14(15(8)18)9-5-12-13(22-7-21-12)6-10(9)17(20)23-16/h4-6,11,14-16,19H,2-3,7H2,1H3/t11-,14+,15+,16-/m0/s1. The van der Waals surface area contributed by atoms with Gasteiger partial charge in [0.25, 0.3) is 0 Å². The summed E-state index contributed by atoms with van der Waals surface area (Å²) in [7, 11) is 2.07. The number of nitrogens with zero attached hydrogens (tertiary/aromatic N) is 1. The molecule has 1 aromatic carbocycles. The van der Waals surface area contributed by atoms with Gasteiger partial charge in [0.2, 0.25) is 6.79 Å². The zero-order valence-electron chi connectivity index (χ0n) is 12.7. The van der Waals surface area contributed by atoms with Crippen LogP contribution in [-0.4, -0.2) is 54.6 Å². The van der Waals surface area contributed by atoms with Crippen molar-refractivity contribution in [1.82, 2.24) is 4.90 Å². The van der Waals surface area contributed by atoms with Crippen LogP contribution in [0.15, 0.2) is 23.8 Å². The molecule has 1 aliphatic carbocycles. The molecule has 3 aliphatic heterocycles. The van der Waals surface area contributed by atoms with E-state index in [4.69, 9.17) is 14.2 Å². The molecule has 0 spiro atoms. The lowest BCUT2D eigenvalue weighted by atomic mass is 9.74. The van der Waals surface area contributed by atoms with E-state index >= 15 is 0 Å². The average molecular weight is 315 g/mol. The third kappa shape index (κ3) is 1.73. The minimum atomic E-state index is -0.764. The number of likely N-dealkylation sites (tertiary alicyclic amines) is 1. The summed E-state index contributed by atoms with van der Waals surface area (Å²) in [4.78, 5) is 14.7. The zero-order valence-corrected chi connectivity index (χ0v) is 12.7. The van der Waals surface area contributed by atoms with Gasteiger partial charge in [0, 0.05) is 18.5 Å². The molecule has 0 aromatic heterocycles. The molecule has 4 atom stereocenters. The first-order valence-electron chi connectivity index (χ1n) is 7.87. The Kier molecular flexibility index (Phi) is 2.61. The molecular weight excluding hydrogens is 298 g/mol. The Morgan fingerprint density at radius 1 is 1.26 bits per heavy atom. The van der Waals surface area contributed by atoms with Crippen molar-refractivity contribution < 1.29 is 24.1 Å². The van der Waals surface area contributed by atoms with Crippen molar-refractivity contribution >= 4 is 5.97 Å². The molecule has 1 fully saturated rings. The van der Waals surface area contributed by atoms with Gasteiger partial charge < -0.3 is 19.3 Å². The molecule has 1 saturated heterocycles. The highest BCUT2D eigenvalue weighted by Gasteiger charge is 2.50. The van der Waals surface area contributed by atoms with Crippen LogP contribution in [0.2, 0.25) is 0 Å². The Hall–Kier alpha value is -2.05. The molecule has 120 valence electrons. The van der Waals surface area contributed by atoms with E-state index in [9.17, 15) is 9.90 Å². The molecule has 6 nitrogen and oxygen atoms in total. The van der Waals surface area contributed by atoms with Crippen LogP contribution in [0.1, 0.15) is 28.3 Å². The number of esters is 1. The van der Waals surface area contributed by atoms with Crippen LogP contribution in [-0.2, 0) is 4.74 Å². The highest BCUT2D eigenvalue weighted by Crippen LogP contribution is 2.48. The van der Waals surface area contributed by atoms with Crippen LogP contribution in [0, 0.1) is 0 Å². The van der Waals surface area contributed by atoms with Gasteiger partial charge in [-0.15, -0.1) is 0 Å². The van der Waals surface area contributed by atoms with Gasteiger partial charge in [0.1, 0.15) is 12.2 Å². The van der Waals surface area contributed by atoms with E-state index in [0.717, 1.165) is 18.5 Å². The molecule has 3 heterocycles. The minimum absolute atomic E-state index is 0.0836. The summed E-state index contributed by atoms with van der Waals surface area (Å²) in [5.74, 6) is 0.741. The molecule has 5 rings (SSSR count). The Labute approximate surface area is 133 Å². The summed E-state index contributed by atoms with van der Waals surface area (Å²) in [6.07, 6.45) is 1.49. The lowest BCUT2D eigenvalue weighted by molar-refractivity contribution is -0.0336. The van der Waals surface area contributed by atoms with E-state index in [0.29, 0.717) is 17.1 Å². The predicted octanol–water partition coefficient (Wildman–Crippen LogP) is 1.04. The van der Waals surface area contributed by atoms with Gasteiger partial charge in [-0.3, -0.25) is 4.90 Å².